The van der Waals surface area contributed by atoms with Crippen molar-refractivity contribution in [2.45, 2.75) is 33.4 Å². The van der Waals surface area contributed by atoms with Crippen LogP contribution in [0.1, 0.15) is 36.8 Å². The number of aliphatic hydroxyl groups is 1. The number of rotatable bonds is 7. The molecule has 0 saturated carbocycles. The summed E-state index contributed by atoms with van der Waals surface area (Å²) in [6.07, 6.45) is 3.00. The van der Waals surface area contributed by atoms with Crippen LogP contribution in [0, 0.1) is 5.92 Å². The standard InChI is InChI=1S/C15H21N3O2S/c1-10(2)9-20-14-5-4-12(6-17-14)16-8-15-18-7-13(21-15)11(3)19/h4-7,10-11,16,19H,8-9H2,1-3H3. The minimum atomic E-state index is -0.463. The van der Waals surface area contributed by atoms with E-state index >= 15 is 0 Å². The van der Waals surface area contributed by atoms with Crippen molar-refractivity contribution in [1.82, 2.24) is 9.97 Å². The molecule has 6 heteroatoms. The van der Waals surface area contributed by atoms with E-state index in [1.54, 1.807) is 19.3 Å². The summed E-state index contributed by atoms with van der Waals surface area (Å²) in [4.78, 5) is 9.40. The quantitative estimate of drug-likeness (QED) is 0.822. The zero-order valence-corrected chi connectivity index (χ0v) is 13.4. The van der Waals surface area contributed by atoms with Gasteiger partial charge in [0, 0.05) is 12.3 Å². The van der Waals surface area contributed by atoms with E-state index in [1.165, 1.54) is 11.3 Å². The maximum Gasteiger partial charge on any atom is 0.213 e. The second kappa shape index (κ2) is 7.38. The summed E-state index contributed by atoms with van der Waals surface area (Å²) in [5.41, 5.74) is 0.917. The number of thiazole rings is 1. The first-order chi connectivity index (χ1) is 10.0. The maximum absolute atomic E-state index is 9.47. The fourth-order valence-corrected chi connectivity index (χ4v) is 2.40. The van der Waals surface area contributed by atoms with Gasteiger partial charge in [0.15, 0.2) is 0 Å². The highest BCUT2D eigenvalue weighted by Gasteiger charge is 2.06. The van der Waals surface area contributed by atoms with E-state index in [1.807, 2.05) is 12.1 Å². The molecule has 2 rings (SSSR count). The van der Waals surface area contributed by atoms with Crippen molar-refractivity contribution in [3.8, 4) is 5.88 Å². The van der Waals surface area contributed by atoms with Crippen LogP contribution in [0.4, 0.5) is 5.69 Å². The molecule has 0 radical (unpaired) electrons. The molecule has 21 heavy (non-hydrogen) atoms. The van der Waals surface area contributed by atoms with Gasteiger partial charge in [-0.1, -0.05) is 13.8 Å². The van der Waals surface area contributed by atoms with E-state index in [0.717, 1.165) is 15.6 Å². The highest BCUT2D eigenvalue weighted by molar-refractivity contribution is 7.11. The van der Waals surface area contributed by atoms with Gasteiger partial charge in [-0.05, 0) is 18.9 Å². The lowest BCUT2D eigenvalue weighted by Crippen LogP contribution is -2.06. The van der Waals surface area contributed by atoms with Gasteiger partial charge in [0.1, 0.15) is 5.01 Å². The summed E-state index contributed by atoms with van der Waals surface area (Å²) in [5.74, 6) is 1.12. The Morgan fingerprint density at radius 2 is 2.05 bits per heavy atom. The number of hydrogen-bond acceptors (Lipinski definition) is 6. The average molecular weight is 307 g/mol. The number of nitrogens with one attached hydrogen (secondary N) is 1. The third kappa shape index (κ3) is 4.99. The van der Waals surface area contributed by atoms with E-state index in [4.69, 9.17) is 4.74 Å². The Kier molecular flexibility index (Phi) is 5.52. The molecule has 2 heterocycles. The Morgan fingerprint density at radius 1 is 1.24 bits per heavy atom. The molecule has 2 aromatic rings. The van der Waals surface area contributed by atoms with Gasteiger partial charge in [-0.25, -0.2) is 9.97 Å². The number of hydrogen-bond donors (Lipinski definition) is 2. The molecule has 0 bridgehead atoms. The molecule has 0 amide bonds. The summed E-state index contributed by atoms with van der Waals surface area (Å²) in [6.45, 7) is 7.23. The average Bonchev–Trinajstić information content (AvgIpc) is 2.93. The minimum absolute atomic E-state index is 0.463. The van der Waals surface area contributed by atoms with E-state index in [2.05, 4.69) is 29.1 Å². The molecular weight excluding hydrogens is 286 g/mol. The lowest BCUT2D eigenvalue weighted by molar-refractivity contribution is 0.203. The van der Waals surface area contributed by atoms with Gasteiger partial charge in [0.2, 0.25) is 5.88 Å². The van der Waals surface area contributed by atoms with Gasteiger partial charge < -0.3 is 15.2 Å². The van der Waals surface area contributed by atoms with Crippen LogP contribution in [0.3, 0.4) is 0 Å². The van der Waals surface area contributed by atoms with Crippen LogP contribution in [0.25, 0.3) is 0 Å². The Balaban J connectivity index is 1.85. The van der Waals surface area contributed by atoms with Crippen molar-refractivity contribution >= 4 is 17.0 Å². The van der Waals surface area contributed by atoms with Crippen LogP contribution in [-0.4, -0.2) is 21.7 Å². The Bertz CT molecular complexity index is 552. The highest BCUT2D eigenvalue weighted by Crippen LogP contribution is 2.21. The molecule has 1 atom stereocenters. The van der Waals surface area contributed by atoms with Crippen molar-refractivity contribution in [3.63, 3.8) is 0 Å². The molecule has 2 N–H and O–H groups in total. The normalized spacial score (nSPS) is 12.4. The predicted octanol–water partition coefficient (Wildman–Crippen LogP) is 3.24. The SMILES string of the molecule is CC(C)COc1ccc(NCc2ncc(C(C)O)s2)cn1. The number of nitrogens with zero attached hydrogens (tertiary/aromatic N) is 2. The molecular formula is C15H21N3O2S. The molecule has 0 aromatic carbocycles. The van der Waals surface area contributed by atoms with Crippen LogP contribution >= 0.6 is 11.3 Å². The molecule has 114 valence electrons. The molecule has 0 saturated heterocycles. The van der Waals surface area contributed by atoms with Gasteiger partial charge in [-0.2, -0.15) is 0 Å². The lowest BCUT2D eigenvalue weighted by atomic mass is 10.2. The molecule has 0 aliphatic heterocycles. The fourth-order valence-electron chi connectivity index (χ4n) is 1.60. The van der Waals surface area contributed by atoms with Crippen LogP contribution in [0.2, 0.25) is 0 Å². The lowest BCUT2D eigenvalue weighted by Gasteiger charge is -2.08. The monoisotopic (exact) mass is 307 g/mol. The van der Waals surface area contributed by atoms with E-state index < -0.39 is 6.10 Å². The number of aromatic nitrogens is 2. The molecule has 0 fully saturated rings. The van der Waals surface area contributed by atoms with Crippen molar-refractivity contribution in [1.29, 1.82) is 0 Å². The van der Waals surface area contributed by atoms with Crippen LogP contribution in [0.5, 0.6) is 5.88 Å². The van der Waals surface area contributed by atoms with Gasteiger partial charge in [-0.15, -0.1) is 11.3 Å². The molecule has 1 unspecified atom stereocenters. The van der Waals surface area contributed by atoms with Crippen molar-refractivity contribution in [2.24, 2.45) is 5.92 Å². The molecule has 5 nitrogen and oxygen atoms in total. The maximum atomic E-state index is 9.47. The minimum Gasteiger partial charge on any atom is -0.477 e. The summed E-state index contributed by atoms with van der Waals surface area (Å²) < 4.78 is 5.54. The number of anilines is 1. The summed E-state index contributed by atoms with van der Waals surface area (Å²) in [7, 11) is 0. The van der Waals surface area contributed by atoms with E-state index in [0.29, 0.717) is 24.9 Å². The smallest absolute Gasteiger partial charge is 0.213 e. The second-order valence-electron chi connectivity index (χ2n) is 5.28. The first-order valence-electron chi connectivity index (χ1n) is 7.00. The fraction of sp³-hybridized carbons (Fsp3) is 0.467. The molecule has 0 spiro atoms. The number of pyridine rings is 1. The summed E-state index contributed by atoms with van der Waals surface area (Å²) in [6, 6.07) is 3.79. The Labute approximate surface area is 129 Å². The third-order valence-corrected chi connectivity index (χ3v) is 3.90. The van der Waals surface area contributed by atoms with E-state index in [-0.39, 0.29) is 0 Å². The van der Waals surface area contributed by atoms with Gasteiger partial charge >= 0.3 is 0 Å². The zero-order chi connectivity index (χ0) is 15.2. The van der Waals surface area contributed by atoms with Gasteiger partial charge in [0.25, 0.3) is 0 Å². The number of ether oxygens (including phenoxy) is 1. The third-order valence-electron chi connectivity index (χ3n) is 2.73. The first-order valence-corrected chi connectivity index (χ1v) is 7.81. The van der Waals surface area contributed by atoms with Gasteiger partial charge in [-0.3, -0.25) is 0 Å². The predicted molar refractivity (Wildman–Crippen MR) is 84.6 cm³/mol. The van der Waals surface area contributed by atoms with Gasteiger partial charge in [0.05, 0.1) is 36.0 Å². The van der Waals surface area contributed by atoms with E-state index in [9.17, 15) is 5.11 Å². The number of aliphatic hydroxyl groups excluding tert-OH is 1. The zero-order valence-electron chi connectivity index (χ0n) is 12.5. The van der Waals surface area contributed by atoms with Crippen LogP contribution in [0.15, 0.2) is 24.5 Å². The molecule has 0 aliphatic rings. The first kappa shape index (κ1) is 15.7. The summed E-state index contributed by atoms with van der Waals surface area (Å²) >= 11 is 1.51. The Hall–Kier alpha value is -1.66. The second-order valence-corrected chi connectivity index (χ2v) is 6.42. The summed E-state index contributed by atoms with van der Waals surface area (Å²) in [5, 5.41) is 13.7. The Morgan fingerprint density at radius 3 is 2.62 bits per heavy atom. The topological polar surface area (TPSA) is 67.3 Å². The molecule has 0 aliphatic carbocycles. The van der Waals surface area contributed by atoms with Crippen molar-refractivity contribution in [2.75, 3.05) is 11.9 Å². The van der Waals surface area contributed by atoms with Crippen molar-refractivity contribution < 1.29 is 9.84 Å². The molecule has 2 aromatic heterocycles. The largest absolute Gasteiger partial charge is 0.477 e. The van der Waals surface area contributed by atoms with Crippen LogP contribution in [-0.2, 0) is 6.54 Å². The van der Waals surface area contributed by atoms with Crippen molar-refractivity contribution in [3.05, 3.63) is 34.4 Å². The highest BCUT2D eigenvalue weighted by atomic mass is 32.1. The van der Waals surface area contributed by atoms with Crippen LogP contribution < -0.4 is 10.1 Å².